The van der Waals surface area contributed by atoms with E-state index in [0.29, 0.717) is 12.8 Å². The number of urea groups is 1. The van der Waals surface area contributed by atoms with Gasteiger partial charge in [-0.2, -0.15) is 13.2 Å². The molecular weight excluding hydrogens is 452 g/mol. The molecule has 0 atom stereocenters. The highest BCUT2D eigenvalue weighted by Gasteiger charge is 2.32. The summed E-state index contributed by atoms with van der Waals surface area (Å²) in [7, 11) is 0. The maximum Gasteiger partial charge on any atom is 0.417 e. The monoisotopic (exact) mass is 474 g/mol. The topological polar surface area (TPSA) is 97.0 Å². The summed E-state index contributed by atoms with van der Waals surface area (Å²) >= 11 is 0. The minimum absolute atomic E-state index is 0.115. The summed E-state index contributed by atoms with van der Waals surface area (Å²) in [5.74, 6) is -0.498. The van der Waals surface area contributed by atoms with Gasteiger partial charge in [0, 0.05) is 30.1 Å². The Labute approximate surface area is 193 Å². The fourth-order valence-electron chi connectivity index (χ4n) is 3.99. The number of carbonyl (C=O) groups is 1. The number of hydrogen-bond acceptors (Lipinski definition) is 5. The Balaban J connectivity index is 1.73. The van der Waals surface area contributed by atoms with Gasteiger partial charge in [-0.25, -0.2) is 14.2 Å². The van der Waals surface area contributed by atoms with Crippen molar-refractivity contribution in [3.63, 3.8) is 0 Å². The maximum atomic E-state index is 13.6. The van der Waals surface area contributed by atoms with E-state index in [1.54, 1.807) is 0 Å². The predicted molar refractivity (Wildman–Crippen MR) is 119 cm³/mol. The van der Waals surface area contributed by atoms with E-state index in [-0.39, 0.29) is 34.5 Å². The molecule has 4 rings (SSSR count). The highest BCUT2D eigenvalue weighted by Crippen LogP contribution is 2.34. The van der Waals surface area contributed by atoms with Crippen molar-refractivity contribution in [2.24, 2.45) is 0 Å². The lowest BCUT2D eigenvalue weighted by atomic mass is 9.94. The standard InChI is InChI=1S/C23H22F4N6O/c24-16-9-17(13-30-12-16)31-22(34)33(18-4-2-1-3-5-18)21-19(28)6-7-20(32-21)14-8-15(11-29-10-14)23(25,26)27/h6-13,18H,1-5,28H2,(H,31,34). The van der Waals surface area contributed by atoms with Crippen LogP contribution >= 0.6 is 0 Å². The van der Waals surface area contributed by atoms with Crippen molar-refractivity contribution in [1.82, 2.24) is 15.0 Å². The Hall–Kier alpha value is -3.76. The van der Waals surface area contributed by atoms with Crippen LogP contribution in [-0.2, 0) is 6.18 Å². The fraction of sp³-hybridized carbons (Fsp3) is 0.304. The van der Waals surface area contributed by atoms with Crippen LogP contribution in [-0.4, -0.2) is 27.0 Å². The van der Waals surface area contributed by atoms with Gasteiger partial charge in [0.1, 0.15) is 5.82 Å². The SMILES string of the molecule is Nc1ccc(-c2cncc(C(F)(F)F)c2)nc1N(C(=O)Nc1cncc(F)c1)C1CCCCC1. The molecule has 0 unspecified atom stereocenters. The number of nitrogens with zero attached hydrogens (tertiary/aromatic N) is 4. The maximum absolute atomic E-state index is 13.6. The molecule has 0 radical (unpaired) electrons. The van der Waals surface area contributed by atoms with E-state index in [0.717, 1.165) is 43.8 Å². The zero-order valence-electron chi connectivity index (χ0n) is 18.0. The first-order valence-electron chi connectivity index (χ1n) is 10.7. The largest absolute Gasteiger partial charge is 0.417 e. The number of amides is 2. The summed E-state index contributed by atoms with van der Waals surface area (Å²) in [6.07, 6.45) is 3.97. The van der Waals surface area contributed by atoms with Crippen LogP contribution < -0.4 is 16.0 Å². The average molecular weight is 474 g/mol. The van der Waals surface area contributed by atoms with Crippen LogP contribution in [0.4, 0.5) is 39.5 Å². The van der Waals surface area contributed by atoms with Gasteiger partial charge in [0.05, 0.1) is 35.0 Å². The quantitative estimate of drug-likeness (QED) is 0.477. The molecule has 1 fully saturated rings. The number of carbonyl (C=O) groups excluding carboxylic acids is 1. The number of halogens is 4. The first kappa shape index (κ1) is 23.4. The van der Waals surface area contributed by atoms with Crippen molar-refractivity contribution in [3.8, 4) is 11.3 Å². The molecule has 3 aromatic heterocycles. The van der Waals surface area contributed by atoms with Crippen LogP contribution in [0.1, 0.15) is 37.7 Å². The van der Waals surface area contributed by atoms with E-state index in [1.165, 1.54) is 29.4 Å². The van der Waals surface area contributed by atoms with Crippen LogP contribution in [0.15, 0.2) is 49.1 Å². The molecule has 3 N–H and O–H groups in total. The molecular formula is C23H22F4N6O. The summed E-state index contributed by atoms with van der Waals surface area (Å²) in [6, 6.07) is 4.22. The summed E-state index contributed by atoms with van der Waals surface area (Å²) in [6.45, 7) is 0. The third-order valence-electron chi connectivity index (χ3n) is 5.61. The van der Waals surface area contributed by atoms with Crippen molar-refractivity contribution in [3.05, 3.63) is 60.4 Å². The van der Waals surface area contributed by atoms with Gasteiger partial charge >= 0.3 is 12.2 Å². The molecule has 11 heteroatoms. The number of anilines is 3. The zero-order chi connectivity index (χ0) is 24.3. The van der Waals surface area contributed by atoms with Gasteiger partial charge in [-0.1, -0.05) is 19.3 Å². The van der Waals surface area contributed by atoms with E-state index in [2.05, 4.69) is 20.3 Å². The summed E-state index contributed by atoms with van der Waals surface area (Å²) < 4.78 is 53.1. The molecule has 0 bridgehead atoms. The van der Waals surface area contributed by atoms with E-state index < -0.39 is 23.6 Å². The molecule has 0 aromatic carbocycles. The molecule has 3 heterocycles. The summed E-state index contributed by atoms with van der Waals surface area (Å²) in [5.41, 5.74) is 5.92. The smallest absolute Gasteiger partial charge is 0.396 e. The molecule has 1 saturated carbocycles. The van der Waals surface area contributed by atoms with Gasteiger partial charge < -0.3 is 11.1 Å². The van der Waals surface area contributed by atoms with Gasteiger partial charge in [0.25, 0.3) is 0 Å². The first-order valence-corrected chi connectivity index (χ1v) is 10.7. The molecule has 2 amide bonds. The first-order chi connectivity index (χ1) is 16.2. The number of nitrogen functional groups attached to an aromatic ring is 1. The second kappa shape index (κ2) is 9.62. The van der Waals surface area contributed by atoms with E-state index in [9.17, 15) is 22.4 Å². The van der Waals surface area contributed by atoms with Crippen molar-refractivity contribution in [2.75, 3.05) is 16.0 Å². The second-order valence-corrected chi connectivity index (χ2v) is 8.05. The summed E-state index contributed by atoms with van der Waals surface area (Å²) in [4.78, 5) is 26.6. The van der Waals surface area contributed by atoms with Crippen LogP contribution in [0.25, 0.3) is 11.3 Å². The number of pyridine rings is 3. The van der Waals surface area contributed by atoms with Crippen LogP contribution in [0.2, 0.25) is 0 Å². The second-order valence-electron chi connectivity index (χ2n) is 8.05. The Kier molecular flexibility index (Phi) is 6.62. The van der Waals surface area contributed by atoms with E-state index in [4.69, 9.17) is 5.73 Å². The van der Waals surface area contributed by atoms with Gasteiger partial charge in [-0.3, -0.25) is 14.9 Å². The molecule has 3 aromatic rings. The highest BCUT2D eigenvalue weighted by atomic mass is 19.4. The number of alkyl halides is 3. The lowest BCUT2D eigenvalue weighted by Crippen LogP contribution is -2.45. The average Bonchev–Trinajstić information content (AvgIpc) is 2.81. The molecule has 178 valence electrons. The minimum Gasteiger partial charge on any atom is -0.396 e. The number of nitrogens with one attached hydrogen (secondary N) is 1. The van der Waals surface area contributed by atoms with Crippen LogP contribution in [0, 0.1) is 5.82 Å². The molecule has 0 aliphatic heterocycles. The molecule has 0 spiro atoms. The van der Waals surface area contributed by atoms with Gasteiger partial charge in [-0.05, 0) is 31.0 Å². The Morgan fingerprint density at radius 3 is 2.47 bits per heavy atom. The van der Waals surface area contributed by atoms with E-state index in [1.807, 2.05) is 0 Å². The lowest BCUT2D eigenvalue weighted by molar-refractivity contribution is -0.137. The third-order valence-corrected chi connectivity index (χ3v) is 5.61. The van der Waals surface area contributed by atoms with Crippen molar-refractivity contribution >= 4 is 23.2 Å². The zero-order valence-corrected chi connectivity index (χ0v) is 18.0. The molecule has 1 aliphatic rings. The summed E-state index contributed by atoms with van der Waals surface area (Å²) in [5, 5.41) is 2.62. The third kappa shape index (κ3) is 5.24. The molecule has 34 heavy (non-hydrogen) atoms. The van der Waals surface area contributed by atoms with Gasteiger partial charge in [-0.15, -0.1) is 0 Å². The predicted octanol–water partition coefficient (Wildman–Crippen LogP) is 5.65. The Bertz CT molecular complexity index is 1180. The Morgan fingerprint density at radius 1 is 1.03 bits per heavy atom. The molecule has 0 saturated heterocycles. The number of rotatable bonds is 4. The van der Waals surface area contributed by atoms with Gasteiger partial charge in [0.15, 0.2) is 5.82 Å². The molecule has 7 nitrogen and oxygen atoms in total. The number of hydrogen-bond donors (Lipinski definition) is 2. The lowest BCUT2D eigenvalue weighted by Gasteiger charge is -2.34. The normalized spacial score (nSPS) is 14.6. The van der Waals surface area contributed by atoms with Gasteiger partial charge in [0.2, 0.25) is 0 Å². The number of nitrogens with two attached hydrogens (primary N) is 1. The molecule has 1 aliphatic carbocycles. The minimum atomic E-state index is -4.56. The Morgan fingerprint density at radius 2 is 1.76 bits per heavy atom. The van der Waals surface area contributed by atoms with Crippen molar-refractivity contribution < 1.29 is 22.4 Å². The van der Waals surface area contributed by atoms with Crippen LogP contribution in [0.5, 0.6) is 0 Å². The van der Waals surface area contributed by atoms with Crippen molar-refractivity contribution in [2.45, 2.75) is 44.3 Å². The fourth-order valence-corrected chi connectivity index (χ4v) is 3.99. The number of aromatic nitrogens is 3. The van der Waals surface area contributed by atoms with Crippen LogP contribution in [0.3, 0.4) is 0 Å². The van der Waals surface area contributed by atoms with Crippen molar-refractivity contribution in [1.29, 1.82) is 0 Å². The highest BCUT2D eigenvalue weighted by molar-refractivity contribution is 6.03. The van der Waals surface area contributed by atoms with E-state index >= 15 is 0 Å².